The fourth-order valence-electron chi connectivity index (χ4n) is 1.61. The number of halogens is 1. The van der Waals surface area contributed by atoms with Crippen molar-refractivity contribution >= 4 is 11.7 Å². The number of nitrogens with one attached hydrogen (secondary N) is 2. The molecule has 0 aliphatic rings. The van der Waals surface area contributed by atoms with Crippen molar-refractivity contribution in [3.63, 3.8) is 0 Å². The highest BCUT2D eigenvalue weighted by atomic mass is 19.1. The van der Waals surface area contributed by atoms with Gasteiger partial charge in [-0.05, 0) is 36.2 Å². The molecule has 0 aliphatic heterocycles. The number of pyridine rings is 1. The van der Waals surface area contributed by atoms with Crippen LogP contribution in [0.5, 0.6) is 0 Å². The summed E-state index contributed by atoms with van der Waals surface area (Å²) in [4.78, 5) is 15.5. The molecule has 0 bridgehead atoms. The molecular weight excluding hydrogens is 245 g/mol. The number of rotatable bonds is 3. The third kappa shape index (κ3) is 3.77. The van der Waals surface area contributed by atoms with E-state index in [1.165, 1.54) is 6.07 Å². The Balaban J connectivity index is 1.88. The molecule has 2 rings (SSSR count). The number of hydrogen-bond donors (Lipinski definition) is 2. The summed E-state index contributed by atoms with van der Waals surface area (Å²) >= 11 is 0. The van der Waals surface area contributed by atoms with Gasteiger partial charge in [-0.3, -0.25) is 4.98 Å². The van der Waals surface area contributed by atoms with Crippen LogP contribution in [0.2, 0.25) is 0 Å². The molecule has 4 nitrogen and oxygen atoms in total. The molecule has 0 saturated heterocycles. The Labute approximate surface area is 110 Å². The molecule has 0 atom stereocenters. The van der Waals surface area contributed by atoms with Crippen LogP contribution < -0.4 is 10.6 Å². The maximum Gasteiger partial charge on any atom is 0.319 e. The Morgan fingerprint density at radius 1 is 1.26 bits per heavy atom. The monoisotopic (exact) mass is 259 g/mol. The molecule has 98 valence electrons. The van der Waals surface area contributed by atoms with Crippen molar-refractivity contribution < 1.29 is 9.18 Å². The quantitative estimate of drug-likeness (QED) is 0.890. The number of carbonyl (C=O) groups is 1. The van der Waals surface area contributed by atoms with Crippen LogP contribution in [0.1, 0.15) is 11.1 Å². The lowest BCUT2D eigenvalue weighted by Gasteiger charge is -2.08. The summed E-state index contributed by atoms with van der Waals surface area (Å²) in [6, 6.07) is 7.83. The van der Waals surface area contributed by atoms with Gasteiger partial charge >= 0.3 is 6.03 Å². The Morgan fingerprint density at radius 2 is 2.00 bits per heavy atom. The summed E-state index contributed by atoms with van der Waals surface area (Å²) in [5.41, 5.74) is 2.08. The van der Waals surface area contributed by atoms with Crippen molar-refractivity contribution in [1.29, 1.82) is 0 Å². The molecule has 0 radical (unpaired) electrons. The van der Waals surface area contributed by atoms with Gasteiger partial charge in [-0.1, -0.05) is 12.1 Å². The van der Waals surface area contributed by atoms with E-state index in [-0.39, 0.29) is 11.8 Å². The fraction of sp³-hybridized carbons (Fsp3) is 0.143. The van der Waals surface area contributed by atoms with E-state index in [1.54, 1.807) is 43.6 Å². The van der Waals surface area contributed by atoms with E-state index in [9.17, 15) is 9.18 Å². The van der Waals surface area contributed by atoms with E-state index >= 15 is 0 Å². The Kier molecular flexibility index (Phi) is 4.07. The first kappa shape index (κ1) is 13.0. The SMILES string of the molecule is Cc1cc(CNC(=O)Nc2ccncc2)ccc1F. The van der Waals surface area contributed by atoms with E-state index in [1.807, 2.05) is 0 Å². The summed E-state index contributed by atoms with van der Waals surface area (Å²) in [6.07, 6.45) is 3.19. The third-order valence-electron chi connectivity index (χ3n) is 2.61. The van der Waals surface area contributed by atoms with Gasteiger partial charge in [0.15, 0.2) is 0 Å². The minimum Gasteiger partial charge on any atom is -0.334 e. The molecule has 0 fully saturated rings. The summed E-state index contributed by atoms with van der Waals surface area (Å²) in [6.45, 7) is 2.04. The number of nitrogens with zero attached hydrogens (tertiary/aromatic N) is 1. The Morgan fingerprint density at radius 3 is 2.68 bits per heavy atom. The minimum atomic E-state index is -0.312. The molecule has 2 amide bonds. The van der Waals surface area contributed by atoms with Crippen LogP contribution >= 0.6 is 0 Å². The number of carbonyl (C=O) groups excluding carboxylic acids is 1. The predicted octanol–water partition coefficient (Wildman–Crippen LogP) is 2.85. The smallest absolute Gasteiger partial charge is 0.319 e. The van der Waals surface area contributed by atoms with Gasteiger partial charge in [0, 0.05) is 24.6 Å². The Hall–Kier alpha value is -2.43. The minimum absolute atomic E-state index is 0.245. The lowest BCUT2D eigenvalue weighted by molar-refractivity contribution is 0.251. The molecule has 0 aliphatic carbocycles. The second kappa shape index (κ2) is 5.95. The number of urea groups is 1. The molecule has 1 aromatic carbocycles. The van der Waals surface area contributed by atoms with Gasteiger partial charge < -0.3 is 10.6 Å². The maximum absolute atomic E-state index is 13.1. The molecule has 19 heavy (non-hydrogen) atoms. The number of benzene rings is 1. The van der Waals surface area contributed by atoms with Crippen molar-refractivity contribution in [3.05, 3.63) is 59.7 Å². The van der Waals surface area contributed by atoms with E-state index < -0.39 is 0 Å². The Bertz CT molecular complexity index is 572. The normalized spacial score (nSPS) is 10.0. The van der Waals surface area contributed by atoms with Gasteiger partial charge in [-0.15, -0.1) is 0 Å². The van der Waals surface area contributed by atoms with Gasteiger partial charge in [-0.2, -0.15) is 0 Å². The molecule has 1 heterocycles. The van der Waals surface area contributed by atoms with Crippen molar-refractivity contribution in [1.82, 2.24) is 10.3 Å². The lowest BCUT2D eigenvalue weighted by atomic mass is 10.1. The standard InChI is InChI=1S/C14H14FN3O/c1-10-8-11(2-3-13(10)15)9-17-14(19)18-12-4-6-16-7-5-12/h2-8H,9H2,1H3,(H2,16,17,18,19). The molecule has 2 aromatic rings. The van der Waals surface area contributed by atoms with Crippen LogP contribution in [0.3, 0.4) is 0 Å². The van der Waals surface area contributed by atoms with Crippen LogP contribution in [0.25, 0.3) is 0 Å². The largest absolute Gasteiger partial charge is 0.334 e. The number of aromatic nitrogens is 1. The molecule has 0 spiro atoms. The number of aryl methyl sites for hydroxylation is 1. The van der Waals surface area contributed by atoms with Crippen LogP contribution in [0.15, 0.2) is 42.7 Å². The van der Waals surface area contributed by atoms with E-state index in [4.69, 9.17) is 0 Å². The molecular formula is C14H14FN3O. The summed E-state index contributed by atoms with van der Waals surface area (Å²) < 4.78 is 13.1. The van der Waals surface area contributed by atoms with Crippen molar-refractivity contribution in [2.45, 2.75) is 13.5 Å². The zero-order valence-corrected chi connectivity index (χ0v) is 10.5. The van der Waals surface area contributed by atoms with Gasteiger partial charge in [0.1, 0.15) is 5.82 Å². The van der Waals surface area contributed by atoms with E-state index in [2.05, 4.69) is 15.6 Å². The van der Waals surface area contributed by atoms with Gasteiger partial charge in [0.05, 0.1) is 0 Å². The van der Waals surface area contributed by atoms with Crippen LogP contribution in [-0.2, 0) is 6.54 Å². The highest BCUT2D eigenvalue weighted by Gasteiger charge is 2.03. The molecule has 5 heteroatoms. The zero-order valence-electron chi connectivity index (χ0n) is 10.5. The first-order chi connectivity index (χ1) is 9.15. The molecule has 0 unspecified atom stereocenters. The van der Waals surface area contributed by atoms with E-state index in [0.717, 1.165) is 5.56 Å². The molecule has 2 N–H and O–H groups in total. The van der Waals surface area contributed by atoms with Crippen molar-refractivity contribution in [2.75, 3.05) is 5.32 Å². The second-order valence-electron chi connectivity index (χ2n) is 4.13. The molecule has 0 saturated carbocycles. The first-order valence-electron chi connectivity index (χ1n) is 5.85. The van der Waals surface area contributed by atoms with Gasteiger partial charge in [-0.25, -0.2) is 9.18 Å². The maximum atomic E-state index is 13.1. The first-order valence-corrected chi connectivity index (χ1v) is 5.85. The van der Waals surface area contributed by atoms with Crippen LogP contribution in [0.4, 0.5) is 14.9 Å². The summed E-state index contributed by atoms with van der Waals surface area (Å²) in [5, 5.41) is 5.38. The highest BCUT2D eigenvalue weighted by molar-refractivity contribution is 5.88. The molecule has 1 aromatic heterocycles. The average molecular weight is 259 g/mol. The average Bonchev–Trinajstić information content (AvgIpc) is 2.41. The van der Waals surface area contributed by atoms with Gasteiger partial charge in [0.25, 0.3) is 0 Å². The number of anilines is 1. The van der Waals surface area contributed by atoms with Crippen LogP contribution in [-0.4, -0.2) is 11.0 Å². The topological polar surface area (TPSA) is 54.0 Å². The highest BCUT2D eigenvalue weighted by Crippen LogP contribution is 2.09. The second-order valence-corrected chi connectivity index (χ2v) is 4.13. The van der Waals surface area contributed by atoms with Crippen molar-refractivity contribution in [3.8, 4) is 0 Å². The van der Waals surface area contributed by atoms with E-state index in [0.29, 0.717) is 17.8 Å². The van der Waals surface area contributed by atoms with Crippen molar-refractivity contribution in [2.24, 2.45) is 0 Å². The summed E-state index contributed by atoms with van der Waals surface area (Å²) in [7, 11) is 0. The zero-order chi connectivity index (χ0) is 13.7. The number of amides is 2. The van der Waals surface area contributed by atoms with Gasteiger partial charge in [0.2, 0.25) is 0 Å². The predicted molar refractivity (Wildman–Crippen MR) is 71.2 cm³/mol. The number of hydrogen-bond acceptors (Lipinski definition) is 2. The third-order valence-corrected chi connectivity index (χ3v) is 2.61. The fourth-order valence-corrected chi connectivity index (χ4v) is 1.61. The lowest BCUT2D eigenvalue weighted by Crippen LogP contribution is -2.28. The summed E-state index contributed by atoms with van der Waals surface area (Å²) in [5.74, 6) is -0.245. The van der Waals surface area contributed by atoms with Crippen LogP contribution in [0, 0.1) is 12.7 Å².